The molecule has 6 nitrogen and oxygen atoms in total. The zero-order valence-electron chi connectivity index (χ0n) is 13.3. The first-order valence-corrected chi connectivity index (χ1v) is 9.62. The van der Waals surface area contributed by atoms with Crippen molar-refractivity contribution < 1.29 is 8.42 Å². The van der Waals surface area contributed by atoms with Gasteiger partial charge in [-0.15, -0.1) is 0 Å². The third-order valence-corrected chi connectivity index (χ3v) is 6.21. The minimum atomic E-state index is -3.31. The van der Waals surface area contributed by atoms with Crippen LogP contribution in [-0.4, -0.2) is 70.0 Å². The summed E-state index contributed by atoms with van der Waals surface area (Å²) in [5.41, 5.74) is 0. The normalized spacial score (nSPS) is 27.0. The molecule has 0 spiro atoms. The molecule has 2 fully saturated rings. The Morgan fingerprint density at radius 1 is 1.14 bits per heavy atom. The summed E-state index contributed by atoms with van der Waals surface area (Å²) < 4.78 is 29.4. The third kappa shape index (κ3) is 5.17. The lowest BCUT2D eigenvalue weighted by Crippen LogP contribution is -2.52. The molecule has 0 aromatic heterocycles. The Morgan fingerprint density at radius 2 is 1.86 bits per heavy atom. The highest BCUT2D eigenvalue weighted by Gasteiger charge is 2.30. The first-order valence-electron chi connectivity index (χ1n) is 8.18. The van der Waals surface area contributed by atoms with Gasteiger partial charge < -0.3 is 10.2 Å². The number of rotatable bonds is 6. The number of hydrogen-bond donors (Lipinski definition) is 2. The Bertz CT molecular complexity index is 407. The van der Waals surface area contributed by atoms with Crippen LogP contribution < -0.4 is 10.0 Å². The Hall–Kier alpha value is -0.210. The first kappa shape index (κ1) is 17.1. The van der Waals surface area contributed by atoms with E-state index in [1.54, 1.807) is 4.31 Å². The van der Waals surface area contributed by atoms with Gasteiger partial charge in [0.2, 0.25) is 0 Å². The van der Waals surface area contributed by atoms with E-state index in [4.69, 9.17) is 0 Å². The van der Waals surface area contributed by atoms with E-state index >= 15 is 0 Å². The molecular weight excluding hydrogens is 288 g/mol. The summed E-state index contributed by atoms with van der Waals surface area (Å²) >= 11 is 0. The summed E-state index contributed by atoms with van der Waals surface area (Å²) in [5.74, 6) is 0.609. The molecule has 2 heterocycles. The van der Waals surface area contributed by atoms with E-state index in [9.17, 15) is 8.42 Å². The van der Waals surface area contributed by atoms with Crippen LogP contribution in [0.3, 0.4) is 0 Å². The van der Waals surface area contributed by atoms with Crippen molar-refractivity contribution in [3.05, 3.63) is 0 Å². The fourth-order valence-corrected chi connectivity index (χ4v) is 4.70. The molecular formula is C14H30N4O2S. The summed E-state index contributed by atoms with van der Waals surface area (Å²) in [6, 6.07) is 0.0632. The van der Waals surface area contributed by atoms with E-state index in [-0.39, 0.29) is 6.04 Å². The van der Waals surface area contributed by atoms with Crippen molar-refractivity contribution in [2.24, 2.45) is 5.92 Å². The molecule has 0 saturated carbocycles. The molecule has 0 bridgehead atoms. The van der Waals surface area contributed by atoms with Crippen LogP contribution in [0.15, 0.2) is 0 Å². The maximum Gasteiger partial charge on any atom is 0.279 e. The van der Waals surface area contributed by atoms with Gasteiger partial charge in [-0.2, -0.15) is 17.4 Å². The second kappa shape index (κ2) is 7.87. The largest absolute Gasteiger partial charge is 0.317 e. The number of likely N-dealkylation sites (N-methyl/N-ethyl adjacent to an activating group) is 1. The average molecular weight is 318 g/mol. The van der Waals surface area contributed by atoms with E-state index in [2.05, 4.69) is 21.9 Å². The zero-order chi connectivity index (χ0) is 15.3. The topological polar surface area (TPSA) is 64.7 Å². The van der Waals surface area contributed by atoms with Crippen molar-refractivity contribution in [1.29, 1.82) is 0 Å². The SMILES string of the molecule is CCNCC1CCN(S(=O)(=O)NC2CCCN(C)C2)CC1. The fraction of sp³-hybridized carbons (Fsp3) is 1.00. The van der Waals surface area contributed by atoms with E-state index in [1.807, 2.05) is 7.05 Å². The van der Waals surface area contributed by atoms with Crippen LogP contribution in [0.25, 0.3) is 0 Å². The minimum absolute atomic E-state index is 0.0632. The molecule has 0 aromatic carbocycles. The van der Waals surface area contributed by atoms with Gasteiger partial charge >= 0.3 is 0 Å². The van der Waals surface area contributed by atoms with Crippen LogP contribution in [0.5, 0.6) is 0 Å². The van der Waals surface area contributed by atoms with Gasteiger partial charge in [0.05, 0.1) is 0 Å². The lowest BCUT2D eigenvalue weighted by Gasteiger charge is -2.35. The third-order valence-electron chi connectivity index (χ3n) is 4.54. The quantitative estimate of drug-likeness (QED) is 0.736. The van der Waals surface area contributed by atoms with Gasteiger partial charge in [0.1, 0.15) is 0 Å². The van der Waals surface area contributed by atoms with Gasteiger partial charge in [0.25, 0.3) is 10.2 Å². The molecule has 7 heteroatoms. The van der Waals surface area contributed by atoms with Gasteiger partial charge in [-0.1, -0.05) is 6.92 Å². The standard InChI is InChI=1S/C14H30N4O2S/c1-3-15-11-13-6-9-18(10-7-13)21(19,20)16-14-5-4-8-17(2)12-14/h13-16H,3-12H2,1-2H3. The molecule has 21 heavy (non-hydrogen) atoms. The molecule has 2 aliphatic rings. The van der Waals surface area contributed by atoms with Crippen molar-refractivity contribution in [2.75, 3.05) is 46.3 Å². The molecule has 2 N–H and O–H groups in total. The van der Waals surface area contributed by atoms with E-state index < -0.39 is 10.2 Å². The van der Waals surface area contributed by atoms with Crippen LogP contribution in [0.2, 0.25) is 0 Å². The van der Waals surface area contributed by atoms with Crippen LogP contribution in [-0.2, 0) is 10.2 Å². The predicted molar refractivity (Wildman–Crippen MR) is 85.4 cm³/mol. The maximum atomic E-state index is 12.5. The number of likely N-dealkylation sites (tertiary alicyclic amines) is 1. The highest BCUT2D eigenvalue weighted by atomic mass is 32.2. The van der Waals surface area contributed by atoms with Gasteiger partial charge in [0.15, 0.2) is 0 Å². The second-order valence-electron chi connectivity index (χ2n) is 6.37. The van der Waals surface area contributed by atoms with Crippen molar-refractivity contribution in [1.82, 2.24) is 19.2 Å². The first-order chi connectivity index (χ1) is 10.0. The molecule has 1 unspecified atom stereocenters. The Kier molecular flexibility index (Phi) is 6.43. The molecule has 124 valence electrons. The fourth-order valence-electron chi connectivity index (χ4n) is 3.25. The van der Waals surface area contributed by atoms with Gasteiger partial charge in [-0.25, -0.2) is 0 Å². The minimum Gasteiger partial charge on any atom is -0.317 e. The summed E-state index contributed by atoms with van der Waals surface area (Å²) in [6.45, 7) is 7.26. The maximum absolute atomic E-state index is 12.5. The van der Waals surface area contributed by atoms with Gasteiger partial charge in [-0.05, 0) is 58.3 Å². The number of nitrogens with zero attached hydrogens (tertiary/aromatic N) is 2. The molecule has 2 saturated heterocycles. The predicted octanol–water partition coefficient (Wildman–Crippen LogP) is 0.237. The highest BCUT2D eigenvalue weighted by molar-refractivity contribution is 7.87. The average Bonchev–Trinajstić information content (AvgIpc) is 2.45. The van der Waals surface area contributed by atoms with Gasteiger partial charge in [-0.3, -0.25) is 0 Å². The molecule has 0 aliphatic carbocycles. The Labute approximate surface area is 129 Å². The summed E-state index contributed by atoms with van der Waals surface area (Å²) in [5, 5.41) is 3.35. The van der Waals surface area contributed by atoms with Crippen molar-refractivity contribution in [3.63, 3.8) is 0 Å². The van der Waals surface area contributed by atoms with E-state index in [0.717, 1.165) is 51.9 Å². The monoisotopic (exact) mass is 318 g/mol. The smallest absolute Gasteiger partial charge is 0.279 e. The molecule has 2 aliphatic heterocycles. The lowest BCUT2D eigenvalue weighted by molar-refractivity contribution is 0.233. The number of piperidine rings is 2. The summed E-state index contributed by atoms with van der Waals surface area (Å²) in [7, 11) is -1.27. The number of hydrogen-bond acceptors (Lipinski definition) is 4. The van der Waals surface area contributed by atoms with Crippen molar-refractivity contribution >= 4 is 10.2 Å². The van der Waals surface area contributed by atoms with Crippen molar-refractivity contribution in [3.8, 4) is 0 Å². The van der Waals surface area contributed by atoms with E-state index in [1.165, 1.54) is 0 Å². The molecule has 0 radical (unpaired) electrons. The second-order valence-corrected chi connectivity index (χ2v) is 8.08. The van der Waals surface area contributed by atoms with Crippen LogP contribution in [0.4, 0.5) is 0 Å². The zero-order valence-corrected chi connectivity index (χ0v) is 14.2. The summed E-state index contributed by atoms with van der Waals surface area (Å²) in [6.07, 6.45) is 3.92. The molecule has 0 amide bonds. The van der Waals surface area contributed by atoms with Crippen molar-refractivity contribution in [2.45, 2.75) is 38.6 Å². The highest BCUT2D eigenvalue weighted by Crippen LogP contribution is 2.19. The lowest BCUT2D eigenvalue weighted by atomic mass is 9.98. The van der Waals surface area contributed by atoms with Crippen LogP contribution in [0.1, 0.15) is 32.6 Å². The number of nitrogens with one attached hydrogen (secondary N) is 2. The Balaban J connectivity index is 1.80. The summed E-state index contributed by atoms with van der Waals surface area (Å²) in [4.78, 5) is 2.19. The Morgan fingerprint density at radius 3 is 2.48 bits per heavy atom. The van der Waals surface area contributed by atoms with E-state index in [0.29, 0.717) is 19.0 Å². The van der Waals surface area contributed by atoms with Crippen LogP contribution in [0, 0.1) is 5.92 Å². The molecule has 0 aromatic rings. The molecule has 2 rings (SSSR count). The van der Waals surface area contributed by atoms with Gasteiger partial charge in [0, 0.05) is 25.7 Å². The van der Waals surface area contributed by atoms with Crippen LogP contribution >= 0.6 is 0 Å². The molecule has 1 atom stereocenters.